The Morgan fingerprint density at radius 1 is 1.34 bits per heavy atom. The number of carbonyl (C=O) groups excluding carboxylic acids is 1. The molecule has 1 saturated carbocycles. The molecular formula is C24H27ClF3NO2S. The van der Waals surface area contributed by atoms with Crippen LogP contribution in [0.2, 0.25) is 5.02 Å². The fraction of sp³-hybridized carbons (Fsp3) is 0.417. The van der Waals surface area contributed by atoms with E-state index in [0.29, 0.717) is 10.7 Å². The van der Waals surface area contributed by atoms with E-state index in [1.54, 1.807) is 45.0 Å². The Bertz CT molecular complexity index is 995. The summed E-state index contributed by atoms with van der Waals surface area (Å²) in [6, 6.07) is 7.77. The summed E-state index contributed by atoms with van der Waals surface area (Å²) in [6.07, 6.45) is 0.223. The SMILES string of the molecule is C=CS[C@]1(C(C)O)C(C(C)(C)c2cc(C)ccc2F)C1(F)F.CC(=O)c1ccc(Cl)cn1. The van der Waals surface area contributed by atoms with Crippen molar-refractivity contribution in [3.63, 3.8) is 0 Å². The molecule has 174 valence electrons. The molecule has 1 aromatic carbocycles. The van der Waals surface area contributed by atoms with E-state index in [-0.39, 0.29) is 11.3 Å². The van der Waals surface area contributed by atoms with Crippen LogP contribution < -0.4 is 0 Å². The number of aromatic nitrogens is 1. The van der Waals surface area contributed by atoms with Gasteiger partial charge in [-0.05, 0) is 43.0 Å². The predicted octanol–water partition coefficient (Wildman–Crippen LogP) is 6.61. The van der Waals surface area contributed by atoms with E-state index in [4.69, 9.17) is 11.6 Å². The van der Waals surface area contributed by atoms with Gasteiger partial charge in [0.1, 0.15) is 16.3 Å². The van der Waals surface area contributed by atoms with Crippen molar-refractivity contribution in [1.29, 1.82) is 0 Å². The number of aliphatic hydroxyl groups is 1. The van der Waals surface area contributed by atoms with Crippen molar-refractivity contribution < 1.29 is 23.1 Å². The van der Waals surface area contributed by atoms with Crippen molar-refractivity contribution >= 4 is 29.1 Å². The zero-order chi connectivity index (χ0) is 24.5. The van der Waals surface area contributed by atoms with Gasteiger partial charge < -0.3 is 5.11 Å². The quantitative estimate of drug-likeness (QED) is 0.468. The smallest absolute Gasteiger partial charge is 0.271 e. The van der Waals surface area contributed by atoms with E-state index in [1.165, 1.54) is 31.5 Å². The number of benzene rings is 1. The predicted molar refractivity (Wildman–Crippen MR) is 124 cm³/mol. The first-order valence-corrected chi connectivity index (χ1v) is 11.2. The van der Waals surface area contributed by atoms with E-state index in [2.05, 4.69) is 11.6 Å². The van der Waals surface area contributed by atoms with Crippen LogP contribution in [0.4, 0.5) is 13.2 Å². The normalized spacial score (nSPS) is 22.4. The largest absolute Gasteiger partial charge is 0.392 e. The molecule has 0 aliphatic heterocycles. The number of aryl methyl sites for hydroxylation is 1. The Balaban J connectivity index is 0.000000303. The summed E-state index contributed by atoms with van der Waals surface area (Å²) in [6.45, 7) is 11.3. The fourth-order valence-electron chi connectivity index (χ4n) is 4.16. The van der Waals surface area contributed by atoms with Crippen molar-refractivity contribution in [2.75, 3.05) is 0 Å². The third-order valence-corrected chi connectivity index (χ3v) is 7.38. The average molecular weight is 486 g/mol. The molecular weight excluding hydrogens is 459 g/mol. The molecule has 0 radical (unpaired) electrons. The highest BCUT2D eigenvalue weighted by molar-refractivity contribution is 8.03. The first-order valence-electron chi connectivity index (χ1n) is 9.97. The molecule has 0 amide bonds. The molecule has 2 unspecified atom stereocenters. The summed E-state index contributed by atoms with van der Waals surface area (Å²) in [4.78, 5) is 14.4. The van der Waals surface area contributed by atoms with E-state index in [9.17, 15) is 23.1 Å². The van der Waals surface area contributed by atoms with Crippen LogP contribution in [0.3, 0.4) is 0 Å². The molecule has 3 atom stereocenters. The zero-order valence-electron chi connectivity index (χ0n) is 18.6. The molecule has 3 rings (SSSR count). The van der Waals surface area contributed by atoms with Crippen LogP contribution in [0.1, 0.15) is 49.3 Å². The van der Waals surface area contributed by atoms with Gasteiger partial charge in [0.15, 0.2) is 5.78 Å². The van der Waals surface area contributed by atoms with Crippen LogP contribution in [0, 0.1) is 18.7 Å². The molecule has 1 fully saturated rings. The van der Waals surface area contributed by atoms with Gasteiger partial charge in [-0.25, -0.2) is 13.2 Å². The molecule has 0 bridgehead atoms. The summed E-state index contributed by atoms with van der Waals surface area (Å²) in [5, 5.41) is 11.8. The molecule has 1 aromatic heterocycles. The maximum absolute atomic E-state index is 14.6. The zero-order valence-corrected chi connectivity index (χ0v) is 20.2. The molecule has 1 aliphatic carbocycles. The van der Waals surface area contributed by atoms with Crippen molar-refractivity contribution in [2.24, 2.45) is 5.92 Å². The number of alkyl halides is 2. The van der Waals surface area contributed by atoms with Crippen molar-refractivity contribution in [1.82, 2.24) is 4.98 Å². The molecule has 1 N–H and O–H groups in total. The topological polar surface area (TPSA) is 50.2 Å². The van der Waals surface area contributed by atoms with Gasteiger partial charge in [0.2, 0.25) is 0 Å². The second kappa shape index (κ2) is 9.57. The van der Waals surface area contributed by atoms with Gasteiger partial charge in [-0.1, -0.05) is 49.7 Å². The third-order valence-electron chi connectivity index (χ3n) is 5.75. The highest BCUT2D eigenvalue weighted by atomic mass is 35.5. The summed E-state index contributed by atoms with van der Waals surface area (Å²) >= 11 is 6.38. The molecule has 3 nitrogen and oxygen atoms in total. The lowest BCUT2D eigenvalue weighted by Gasteiger charge is -2.29. The summed E-state index contributed by atoms with van der Waals surface area (Å²) in [7, 11) is 0. The van der Waals surface area contributed by atoms with Gasteiger partial charge in [0, 0.05) is 18.5 Å². The van der Waals surface area contributed by atoms with Gasteiger partial charge >= 0.3 is 0 Å². The lowest BCUT2D eigenvalue weighted by Crippen LogP contribution is -2.32. The third kappa shape index (κ3) is 4.75. The van der Waals surface area contributed by atoms with Crippen LogP contribution in [0.25, 0.3) is 0 Å². The lowest BCUT2D eigenvalue weighted by atomic mass is 9.77. The highest BCUT2D eigenvalue weighted by Crippen LogP contribution is 2.73. The lowest BCUT2D eigenvalue weighted by molar-refractivity contribution is 0.0559. The summed E-state index contributed by atoms with van der Waals surface area (Å²) in [5.41, 5.74) is 0.397. The molecule has 32 heavy (non-hydrogen) atoms. The Morgan fingerprint density at radius 3 is 2.44 bits per heavy atom. The maximum atomic E-state index is 14.6. The number of Topliss-reactive ketones (excluding diaryl/α,β-unsaturated/α-hetero) is 1. The number of hydrogen-bond acceptors (Lipinski definition) is 4. The number of nitrogens with zero attached hydrogens (tertiary/aromatic N) is 1. The number of carbonyl (C=O) groups is 1. The van der Waals surface area contributed by atoms with Crippen molar-refractivity contribution in [2.45, 2.75) is 56.8 Å². The number of ketones is 1. The first kappa shape index (κ1) is 26.4. The molecule has 1 heterocycles. The molecule has 2 aromatic rings. The Kier molecular flexibility index (Phi) is 7.91. The van der Waals surface area contributed by atoms with Gasteiger partial charge in [-0.15, -0.1) is 11.8 Å². The van der Waals surface area contributed by atoms with Crippen LogP contribution in [0.5, 0.6) is 0 Å². The summed E-state index contributed by atoms with van der Waals surface area (Å²) in [5.74, 6) is -4.82. The van der Waals surface area contributed by atoms with Gasteiger partial charge in [-0.2, -0.15) is 0 Å². The van der Waals surface area contributed by atoms with Crippen LogP contribution in [-0.2, 0) is 5.41 Å². The minimum atomic E-state index is -3.10. The Hall–Kier alpha value is -1.83. The average Bonchev–Trinajstić information content (AvgIpc) is 3.22. The van der Waals surface area contributed by atoms with E-state index < -0.39 is 33.9 Å². The minimum absolute atomic E-state index is 0.0448. The van der Waals surface area contributed by atoms with Gasteiger partial charge in [-0.3, -0.25) is 9.78 Å². The summed E-state index contributed by atoms with van der Waals surface area (Å²) < 4.78 is 41.8. The van der Waals surface area contributed by atoms with Crippen LogP contribution in [0.15, 0.2) is 48.5 Å². The molecule has 0 saturated heterocycles. The number of halogens is 4. The van der Waals surface area contributed by atoms with Gasteiger partial charge in [0.05, 0.1) is 17.0 Å². The van der Waals surface area contributed by atoms with Crippen molar-refractivity contribution in [3.8, 4) is 0 Å². The molecule has 8 heteroatoms. The first-order chi connectivity index (χ1) is 14.7. The molecule has 1 aliphatic rings. The number of pyridine rings is 1. The number of thioether (sulfide) groups is 1. The van der Waals surface area contributed by atoms with Gasteiger partial charge in [0.25, 0.3) is 5.92 Å². The van der Waals surface area contributed by atoms with Crippen LogP contribution >= 0.6 is 23.4 Å². The Labute approximate surface area is 196 Å². The van der Waals surface area contributed by atoms with Crippen LogP contribution in [-0.4, -0.2) is 32.6 Å². The standard InChI is InChI=1S/C17H21F3OS.C7H6ClNO/c1-6-22-16(11(3)21)14(17(16,19)20)15(4,5)12-9-10(2)7-8-13(12)18;1-5(10)7-3-2-6(8)4-9-7/h6-9,11,14,21H,1H2,2-5H3;2-4H,1H3/t11?,14?,16-;/m1./s1. The highest BCUT2D eigenvalue weighted by Gasteiger charge is 2.86. The number of rotatable bonds is 6. The second-order valence-electron chi connectivity index (χ2n) is 8.43. The van der Waals surface area contributed by atoms with E-state index in [1.807, 2.05) is 0 Å². The van der Waals surface area contributed by atoms with E-state index >= 15 is 0 Å². The van der Waals surface area contributed by atoms with Crippen molar-refractivity contribution in [3.05, 3.63) is 76.2 Å². The minimum Gasteiger partial charge on any atom is -0.392 e. The second-order valence-corrected chi connectivity index (χ2v) is 10.1. The van der Waals surface area contributed by atoms with E-state index in [0.717, 1.165) is 17.3 Å². The monoisotopic (exact) mass is 485 g/mol. The maximum Gasteiger partial charge on any atom is 0.271 e. The molecule has 0 spiro atoms. The number of aliphatic hydroxyl groups excluding tert-OH is 1. The number of hydrogen-bond donors (Lipinski definition) is 1. The fourth-order valence-corrected chi connectivity index (χ4v) is 5.54. The Morgan fingerprint density at radius 2 is 1.97 bits per heavy atom.